The third-order valence-corrected chi connectivity index (χ3v) is 6.87. The van der Waals surface area contributed by atoms with Crippen LogP contribution in [0.1, 0.15) is 61.9 Å². The number of hydrogen-bond acceptors (Lipinski definition) is 4. The molecule has 0 radical (unpaired) electrons. The van der Waals surface area contributed by atoms with Crippen molar-refractivity contribution in [2.24, 2.45) is 0 Å². The van der Waals surface area contributed by atoms with E-state index in [1.54, 1.807) is 0 Å². The quantitative estimate of drug-likeness (QED) is 0.705. The molecule has 5 heteroatoms. The van der Waals surface area contributed by atoms with E-state index < -0.39 is 0 Å². The molecule has 0 unspecified atom stereocenters. The fraction of sp³-hybridized carbons (Fsp3) is 0.481. The van der Waals surface area contributed by atoms with Gasteiger partial charge in [-0.25, -0.2) is 0 Å². The lowest BCUT2D eigenvalue weighted by atomic mass is 9.89. The van der Waals surface area contributed by atoms with Crippen LogP contribution in [0.2, 0.25) is 0 Å². The second-order valence-corrected chi connectivity index (χ2v) is 9.06. The first-order valence-electron chi connectivity index (χ1n) is 12.0. The summed E-state index contributed by atoms with van der Waals surface area (Å²) in [6.07, 6.45) is 11.7. The largest absolute Gasteiger partial charge is 0.368 e. The van der Waals surface area contributed by atoms with Gasteiger partial charge >= 0.3 is 0 Å². The number of carbonyl (C=O) groups excluding carboxylic acids is 2. The van der Waals surface area contributed by atoms with Crippen LogP contribution in [-0.2, 0) is 11.2 Å². The van der Waals surface area contributed by atoms with Crippen molar-refractivity contribution < 1.29 is 9.59 Å². The minimum absolute atomic E-state index is 0.0943. The first-order valence-corrected chi connectivity index (χ1v) is 12.0. The average molecular weight is 434 g/mol. The fourth-order valence-corrected chi connectivity index (χ4v) is 5.25. The Balaban J connectivity index is 1.68. The van der Waals surface area contributed by atoms with Crippen molar-refractivity contribution in [3.05, 3.63) is 64.3 Å². The summed E-state index contributed by atoms with van der Waals surface area (Å²) in [6.45, 7) is 7.50. The summed E-state index contributed by atoms with van der Waals surface area (Å²) < 4.78 is 0. The number of nitrogens with zero attached hydrogens (tertiary/aromatic N) is 1. The summed E-state index contributed by atoms with van der Waals surface area (Å²) in [6, 6.07) is 6.57. The Morgan fingerprint density at radius 2 is 1.94 bits per heavy atom. The van der Waals surface area contributed by atoms with Gasteiger partial charge in [0.05, 0.1) is 0 Å². The van der Waals surface area contributed by atoms with E-state index in [4.69, 9.17) is 0 Å². The van der Waals surface area contributed by atoms with Crippen LogP contribution in [0.3, 0.4) is 0 Å². The Morgan fingerprint density at radius 3 is 2.72 bits per heavy atom. The second-order valence-electron chi connectivity index (χ2n) is 9.06. The highest BCUT2D eigenvalue weighted by Crippen LogP contribution is 2.30. The van der Waals surface area contributed by atoms with Gasteiger partial charge in [-0.15, -0.1) is 0 Å². The molecule has 2 heterocycles. The number of allylic oxidation sites excluding steroid dienone is 5. The Kier molecular flexibility index (Phi) is 7.26. The maximum absolute atomic E-state index is 13.3. The van der Waals surface area contributed by atoms with Gasteiger partial charge in [0.1, 0.15) is 0 Å². The molecule has 3 aliphatic rings. The molecule has 1 amide bonds. The zero-order valence-electron chi connectivity index (χ0n) is 19.4. The summed E-state index contributed by atoms with van der Waals surface area (Å²) >= 11 is 0. The predicted octanol–water partition coefficient (Wildman–Crippen LogP) is 4.10. The summed E-state index contributed by atoms with van der Waals surface area (Å²) in [5.74, 6) is 0.0430. The number of fused-ring (bicyclic) bond motifs is 1. The van der Waals surface area contributed by atoms with E-state index in [-0.39, 0.29) is 11.7 Å². The van der Waals surface area contributed by atoms with Crippen LogP contribution in [0, 0.1) is 0 Å². The second kappa shape index (κ2) is 10.3. The minimum atomic E-state index is -0.0943. The molecule has 0 aromatic heterocycles. The van der Waals surface area contributed by atoms with Crippen LogP contribution in [0.4, 0.5) is 5.69 Å². The molecule has 2 aliphatic heterocycles. The number of amides is 1. The van der Waals surface area contributed by atoms with Crippen molar-refractivity contribution in [1.29, 1.82) is 0 Å². The highest BCUT2D eigenvalue weighted by Gasteiger charge is 2.25. The van der Waals surface area contributed by atoms with E-state index in [0.29, 0.717) is 19.0 Å². The molecular formula is C27H35N3O2. The first-order chi connectivity index (χ1) is 15.6. The fourth-order valence-electron chi connectivity index (χ4n) is 5.25. The number of Topliss-reactive ketones (excluding diaryl/α,β-unsaturated/α-hetero) is 1. The summed E-state index contributed by atoms with van der Waals surface area (Å²) in [5.41, 5.74) is 5.91. The zero-order valence-corrected chi connectivity index (χ0v) is 19.4. The van der Waals surface area contributed by atoms with Gasteiger partial charge in [-0.2, -0.15) is 0 Å². The van der Waals surface area contributed by atoms with E-state index in [2.05, 4.69) is 46.8 Å². The monoisotopic (exact) mass is 433 g/mol. The van der Waals surface area contributed by atoms with Crippen molar-refractivity contribution >= 4 is 17.4 Å². The molecule has 1 fully saturated rings. The Bertz CT molecular complexity index is 967. The van der Waals surface area contributed by atoms with Crippen molar-refractivity contribution in [3.8, 4) is 0 Å². The molecule has 0 bridgehead atoms. The summed E-state index contributed by atoms with van der Waals surface area (Å²) in [7, 11) is 0. The Labute approximate surface area is 191 Å². The lowest BCUT2D eigenvalue weighted by Gasteiger charge is -2.37. The highest BCUT2D eigenvalue weighted by molar-refractivity contribution is 6.02. The SMILES string of the molecule is CCN(c1cccc2c1C/C=C\CCC1=C(CNC2=O)C(=O)CC(C)=C1)C1CCNCC1. The minimum Gasteiger partial charge on any atom is -0.368 e. The third kappa shape index (κ3) is 4.88. The van der Waals surface area contributed by atoms with E-state index >= 15 is 0 Å². The van der Waals surface area contributed by atoms with Gasteiger partial charge in [0.15, 0.2) is 5.78 Å². The number of carbonyl (C=O) groups is 2. The lowest BCUT2D eigenvalue weighted by molar-refractivity contribution is -0.115. The Morgan fingerprint density at radius 1 is 1.12 bits per heavy atom. The highest BCUT2D eigenvalue weighted by atomic mass is 16.2. The van der Waals surface area contributed by atoms with Crippen LogP contribution >= 0.6 is 0 Å². The van der Waals surface area contributed by atoms with Gasteiger partial charge in [-0.1, -0.05) is 29.9 Å². The van der Waals surface area contributed by atoms with Crippen LogP contribution in [-0.4, -0.2) is 43.9 Å². The molecule has 0 atom stereocenters. The molecule has 4 rings (SSSR count). The number of nitrogens with one attached hydrogen (secondary N) is 2. The standard InChI is InChI=1S/C27H35N3O2/c1-3-30(21-12-14-28-15-13-21)25-11-7-10-23-22(25)9-6-4-5-8-20-16-19(2)17-26(31)24(20)18-29-27(23)32/h4,6-7,10-11,16,21,28H,3,5,8-9,12-15,17-18H2,1-2H3,(H,29,32)/b6-4-. The van der Waals surface area contributed by atoms with Gasteiger partial charge in [0.25, 0.3) is 5.91 Å². The molecule has 32 heavy (non-hydrogen) atoms. The zero-order chi connectivity index (χ0) is 22.5. The number of benzene rings is 1. The number of ketones is 1. The van der Waals surface area contributed by atoms with Crippen LogP contribution in [0.15, 0.2) is 53.1 Å². The van der Waals surface area contributed by atoms with Crippen molar-refractivity contribution in [2.75, 3.05) is 31.1 Å². The van der Waals surface area contributed by atoms with E-state index in [1.165, 1.54) is 5.69 Å². The Hall–Kier alpha value is -2.66. The third-order valence-electron chi connectivity index (χ3n) is 6.87. The topological polar surface area (TPSA) is 61.4 Å². The molecule has 1 aliphatic carbocycles. The van der Waals surface area contributed by atoms with Crippen LogP contribution in [0.5, 0.6) is 0 Å². The van der Waals surface area contributed by atoms with E-state index in [1.807, 2.05) is 19.1 Å². The molecule has 0 spiro atoms. The number of rotatable bonds is 3. The van der Waals surface area contributed by atoms with E-state index in [9.17, 15) is 9.59 Å². The lowest BCUT2D eigenvalue weighted by Crippen LogP contribution is -2.43. The van der Waals surface area contributed by atoms with E-state index in [0.717, 1.165) is 79.6 Å². The molecule has 1 aromatic rings. The van der Waals surface area contributed by atoms with Gasteiger partial charge in [-0.3, -0.25) is 9.59 Å². The molecule has 1 aromatic carbocycles. The van der Waals surface area contributed by atoms with Crippen molar-refractivity contribution in [2.45, 2.75) is 58.4 Å². The summed E-state index contributed by atoms with van der Waals surface area (Å²) in [4.78, 5) is 28.5. The maximum Gasteiger partial charge on any atom is 0.251 e. The number of hydrogen-bond donors (Lipinski definition) is 2. The molecule has 170 valence electrons. The van der Waals surface area contributed by atoms with Crippen molar-refractivity contribution in [1.82, 2.24) is 10.6 Å². The molecule has 1 saturated heterocycles. The van der Waals surface area contributed by atoms with Crippen LogP contribution in [0.25, 0.3) is 0 Å². The molecule has 2 N–H and O–H groups in total. The van der Waals surface area contributed by atoms with Gasteiger partial charge in [-0.05, 0) is 82.3 Å². The molecule has 5 nitrogen and oxygen atoms in total. The summed E-state index contributed by atoms with van der Waals surface area (Å²) in [5, 5.41) is 6.52. The number of anilines is 1. The smallest absolute Gasteiger partial charge is 0.251 e. The first kappa shape index (κ1) is 22.5. The van der Waals surface area contributed by atoms with Crippen molar-refractivity contribution in [3.63, 3.8) is 0 Å². The van der Waals surface area contributed by atoms with Gasteiger partial charge < -0.3 is 15.5 Å². The molecule has 0 saturated carbocycles. The predicted molar refractivity (Wildman–Crippen MR) is 130 cm³/mol. The molecular weight excluding hydrogens is 398 g/mol. The average Bonchev–Trinajstić information content (AvgIpc) is 2.79. The van der Waals surface area contributed by atoms with Gasteiger partial charge in [0.2, 0.25) is 0 Å². The van der Waals surface area contributed by atoms with Crippen LogP contribution < -0.4 is 15.5 Å². The normalized spacial score (nSPS) is 21.5. The van der Waals surface area contributed by atoms with Gasteiger partial charge in [0, 0.05) is 42.4 Å². The maximum atomic E-state index is 13.3. The number of piperidine rings is 1.